The van der Waals surface area contributed by atoms with Crippen molar-refractivity contribution in [3.05, 3.63) is 84.0 Å². The molecular weight excluding hydrogens is 556 g/mol. The van der Waals surface area contributed by atoms with Crippen LogP contribution >= 0.6 is 11.8 Å². The number of methoxy groups -OCH3 is 1. The van der Waals surface area contributed by atoms with Gasteiger partial charge in [0.1, 0.15) is 36.3 Å². The van der Waals surface area contributed by atoms with Crippen molar-refractivity contribution in [2.75, 3.05) is 31.3 Å². The minimum Gasteiger partial charge on any atom is -0.480 e. The molecule has 2 aromatic heterocycles. The summed E-state index contributed by atoms with van der Waals surface area (Å²) in [5.41, 5.74) is 9.93. The third-order valence-corrected chi connectivity index (χ3v) is 7.31. The Morgan fingerprint density at radius 1 is 1.10 bits per heavy atom. The van der Waals surface area contributed by atoms with Gasteiger partial charge in [-0.05, 0) is 67.4 Å². The molecule has 1 atom stereocenters. The fourth-order valence-electron chi connectivity index (χ4n) is 3.88. The number of ether oxygens (including phenoxy) is 2. The molecule has 12 heteroatoms. The highest BCUT2D eigenvalue weighted by Gasteiger charge is 2.15. The summed E-state index contributed by atoms with van der Waals surface area (Å²) >= 11 is 1.29. The lowest BCUT2D eigenvalue weighted by atomic mass is 10.1. The van der Waals surface area contributed by atoms with E-state index in [1.165, 1.54) is 25.2 Å². The number of aryl methyl sites for hydroxylation is 2. The molecule has 0 aliphatic carbocycles. The molecule has 0 spiro atoms. The summed E-state index contributed by atoms with van der Waals surface area (Å²) in [6.45, 7) is 4.05. The Bertz CT molecular complexity index is 1600. The first-order valence-electron chi connectivity index (χ1n) is 13.0. The molecule has 0 saturated heterocycles. The predicted molar refractivity (Wildman–Crippen MR) is 164 cm³/mol. The number of thioether (sulfide) groups is 1. The molecule has 42 heavy (non-hydrogen) atoms. The zero-order valence-corrected chi connectivity index (χ0v) is 24.3. The summed E-state index contributed by atoms with van der Waals surface area (Å²) in [4.78, 5) is 37.1. The number of hydrogen-bond acceptors (Lipinski definition) is 10. The molecule has 0 fully saturated rings. The van der Waals surface area contributed by atoms with Gasteiger partial charge in [-0.25, -0.2) is 9.97 Å². The number of fused-ring (bicyclic) bond motifs is 1. The number of nitrogens with zero attached hydrogens (tertiary/aromatic N) is 3. The number of anilines is 2. The smallest absolute Gasteiger partial charge is 0.321 e. The number of carboxylic acid groups (broad SMARTS) is 1. The van der Waals surface area contributed by atoms with E-state index < -0.39 is 12.0 Å². The molecule has 2 heterocycles. The zero-order valence-electron chi connectivity index (χ0n) is 23.5. The first kappa shape index (κ1) is 30.4. The number of carboxylic acids is 1. The molecule has 218 valence electrons. The summed E-state index contributed by atoms with van der Waals surface area (Å²) < 4.78 is 10.8. The third-order valence-electron chi connectivity index (χ3n) is 6.07. The number of rotatable bonds is 13. The number of aromatic nitrogens is 3. The van der Waals surface area contributed by atoms with Crippen LogP contribution in [-0.4, -0.2) is 64.0 Å². The van der Waals surface area contributed by atoms with Crippen molar-refractivity contribution in [2.45, 2.75) is 19.9 Å². The minimum atomic E-state index is -1.09. The van der Waals surface area contributed by atoms with Gasteiger partial charge in [-0.2, -0.15) is 0 Å². The third kappa shape index (κ3) is 8.26. The van der Waals surface area contributed by atoms with Gasteiger partial charge >= 0.3 is 5.97 Å². The van der Waals surface area contributed by atoms with Gasteiger partial charge in [-0.3, -0.25) is 14.6 Å². The van der Waals surface area contributed by atoms with Crippen LogP contribution in [0.2, 0.25) is 0 Å². The molecule has 5 N–H and O–H groups in total. The normalized spacial score (nSPS) is 12.1. The fraction of sp³-hybridized carbons (Fsp3) is 0.233. The van der Waals surface area contributed by atoms with Gasteiger partial charge in [0, 0.05) is 41.1 Å². The molecule has 0 aliphatic heterocycles. The SMILES string of the molecule is COCC(=O)NC/C=C(/SCC(N)C(=O)O)c1ccc2ncnc(Nc3ccc(Oc4ccc(C)nc4)c(C)c3)c2c1. The standard InChI is InChI=1S/C30H32N6O5S/c1-18-12-21(6-9-26(18)41-22-7-4-19(2)33-14-22)36-29-23-13-20(5-8-25(23)34-17-35-29)27(42-16-24(31)30(38)39)10-11-32-28(37)15-40-3/h4-10,12-14,17,24H,11,15-16,31H2,1-3H3,(H,32,37)(H,38,39)(H,34,35,36)/b27-10+. The molecule has 1 amide bonds. The summed E-state index contributed by atoms with van der Waals surface area (Å²) in [6.07, 6.45) is 4.99. The van der Waals surface area contributed by atoms with Crippen LogP contribution in [0.3, 0.4) is 0 Å². The van der Waals surface area contributed by atoms with Crippen LogP contribution < -0.4 is 21.1 Å². The van der Waals surface area contributed by atoms with Gasteiger partial charge in [0.05, 0.1) is 11.7 Å². The number of benzene rings is 2. The van der Waals surface area contributed by atoms with Crippen LogP contribution in [0.15, 0.2) is 67.1 Å². The molecule has 1 unspecified atom stereocenters. The first-order chi connectivity index (χ1) is 20.2. The van der Waals surface area contributed by atoms with E-state index in [1.807, 2.05) is 68.5 Å². The van der Waals surface area contributed by atoms with E-state index in [0.717, 1.165) is 38.3 Å². The van der Waals surface area contributed by atoms with Crippen LogP contribution in [0.4, 0.5) is 11.5 Å². The van der Waals surface area contributed by atoms with Gasteiger partial charge < -0.3 is 30.9 Å². The lowest BCUT2D eigenvalue weighted by molar-refractivity contribution is -0.137. The zero-order chi connectivity index (χ0) is 30.1. The summed E-state index contributed by atoms with van der Waals surface area (Å²) in [5.74, 6) is 0.760. The molecule has 11 nitrogen and oxygen atoms in total. The Labute approximate surface area is 247 Å². The number of pyridine rings is 1. The quantitative estimate of drug-likeness (QED) is 0.175. The predicted octanol–water partition coefficient (Wildman–Crippen LogP) is 4.43. The van der Waals surface area contributed by atoms with E-state index in [1.54, 1.807) is 6.20 Å². The minimum absolute atomic E-state index is 0.0573. The van der Waals surface area contributed by atoms with Crippen molar-refractivity contribution in [3.8, 4) is 11.5 Å². The monoisotopic (exact) mass is 588 g/mol. The second-order valence-electron chi connectivity index (χ2n) is 9.36. The van der Waals surface area contributed by atoms with Crippen molar-refractivity contribution in [1.29, 1.82) is 0 Å². The Morgan fingerprint density at radius 2 is 1.93 bits per heavy atom. The number of nitrogens with one attached hydrogen (secondary N) is 2. The van der Waals surface area contributed by atoms with Crippen LogP contribution in [-0.2, 0) is 14.3 Å². The summed E-state index contributed by atoms with van der Waals surface area (Å²) in [7, 11) is 1.44. The van der Waals surface area contributed by atoms with Gasteiger partial charge in [-0.1, -0.05) is 12.1 Å². The van der Waals surface area contributed by atoms with E-state index in [2.05, 4.69) is 25.6 Å². The molecule has 0 radical (unpaired) electrons. The number of carbonyl (C=O) groups excluding carboxylic acids is 1. The molecule has 0 saturated carbocycles. The topological polar surface area (TPSA) is 162 Å². The average molecular weight is 589 g/mol. The molecule has 0 bridgehead atoms. The Hall–Kier alpha value is -4.52. The number of amides is 1. The Morgan fingerprint density at radius 3 is 2.64 bits per heavy atom. The second-order valence-corrected chi connectivity index (χ2v) is 10.4. The van der Waals surface area contributed by atoms with E-state index in [4.69, 9.17) is 15.2 Å². The van der Waals surface area contributed by atoms with Crippen molar-refractivity contribution in [3.63, 3.8) is 0 Å². The largest absolute Gasteiger partial charge is 0.480 e. The van der Waals surface area contributed by atoms with E-state index >= 15 is 0 Å². The maximum Gasteiger partial charge on any atom is 0.321 e. The lowest BCUT2D eigenvalue weighted by Gasteiger charge is -2.14. The van der Waals surface area contributed by atoms with Crippen LogP contribution in [0.25, 0.3) is 15.8 Å². The summed E-state index contributed by atoms with van der Waals surface area (Å²) in [6, 6.07) is 14.2. The van der Waals surface area contributed by atoms with Crippen molar-refractivity contribution in [1.82, 2.24) is 20.3 Å². The fourth-order valence-corrected chi connectivity index (χ4v) is 4.88. The molecule has 4 rings (SSSR count). The van der Waals surface area contributed by atoms with Crippen molar-refractivity contribution < 1.29 is 24.2 Å². The van der Waals surface area contributed by atoms with E-state index in [-0.39, 0.29) is 24.8 Å². The van der Waals surface area contributed by atoms with Crippen molar-refractivity contribution >= 4 is 51.0 Å². The molecule has 4 aromatic rings. The highest BCUT2D eigenvalue weighted by atomic mass is 32.2. The van der Waals surface area contributed by atoms with E-state index in [9.17, 15) is 14.7 Å². The number of aliphatic carboxylic acids is 1. The van der Waals surface area contributed by atoms with Gasteiger partial charge in [0.25, 0.3) is 0 Å². The number of nitrogens with two attached hydrogens (primary N) is 1. The highest BCUT2D eigenvalue weighted by molar-refractivity contribution is 8.08. The second kappa shape index (κ2) is 14.4. The average Bonchev–Trinajstić information content (AvgIpc) is 2.97. The van der Waals surface area contributed by atoms with Crippen molar-refractivity contribution in [2.24, 2.45) is 5.73 Å². The molecule has 2 aromatic carbocycles. The molecule has 0 aliphatic rings. The highest BCUT2D eigenvalue weighted by Crippen LogP contribution is 2.33. The first-order valence-corrected chi connectivity index (χ1v) is 14.0. The summed E-state index contributed by atoms with van der Waals surface area (Å²) in [5, 5.41) is 16.1. The molecular formula is C30H32N6O5S. The van der Waals surface area contributed by atoms with E-state index in [0.29, 0.717) is 17.3 Å². The Kier molecular flexibility index (Phi) is 10.4. The van der Waals surface area contributed by atoms with Crippen LogP contribution in [0.1, 0.15) is 16.8 Å². The number of hydrogen-bond donors (Lipinski definition) is 4. The van der Waals surface area contributed by atoms with Gasteiger partial charge in [0.15, 0.2) is 0 Å². The van der Waals surface area contributed by atoms with Crippen LogP contribution in [0.5, 0.6) is 11.5 Å². The maximum atomic E-state index is 11.9. The van der Waals surface area contributed by atoms with Gasteiger partial charge in [0.2, 0.25) is 5.91 Å². The lowest BCUT2D eigenvalue weighted by Crippen LogP contribution is -2.32. The number of carbonyl (C=O) groups is 2. The maximum absolute atomic E-state index is 11.9. The Balaban J connectivity index is 1.59. The van der Waals surface area contributed by atoms with Crippen LogP contribution in [0, 0.1) is 13.8 Å². The van der Waals surface area contributed by atoms with Gasteiger partial charge in [-0.15, -0.1) is 11.8 Å².